The molecule has 0 aromatic carbocycles. The zero-order chi connectivity index (χ0) is 24.3. The zero-order valence-electron chi connectivity index (χ0n) is 20.6. The molecule has 0 saturated heterocycles. The van der Waals surface area contributed by atoms with Crippen LogP contribution in [0.3, 0.4) is 0 Å². The Bertz CT molecular complexity index is 626. The second-order valence-electron chi connectivity index (χ2n) is 9.98. The lowest BCUT2D eigenvalue weighted by Gasteiger charge is -2.29. The Balaban J connectivity index is 4.16. The van der Waals surface area contributed by atoms with Gasteiger partial charge in [-0.3, -0.25) is 0 Å². The molecular formula is C23H45F3O3S2. The van der Waals surface area contributed by atoms with Gasteiger partial charge in [0.2, 0.25) is 0 Å². The van der Waals surface area contributed by atoms with Crippen LogP contribution in [0.25, 0.3) is 0 Å². The quantitative estimate of drug-likeness (QED) is 0.162. The average Bonchev–Trinajstić information content (AvgIpc) is 2.58. The molecule has 31 heavy (non-hydrogen) atoms. The molecule has 0 aliphatic carbocycles. The highest BCUT2D eigenvalue weighted by atomic mass is 32.3. The molecule has 0 spiro atoms. The van der Waals surface area contributed by atoms with Crippen molar-refractivity contribution in [2.75, 3.05) is 18.3 Å². The summed E-state index contributed by atoms with van der Waals surface area (Å²) < 4.78 is 64.4. The maximum atomic E-state index is 12.5. The molecule has 8 heteroatoms. The summed E-state index contributed by atoms with van der Waals surface area (Å²) in [4.78, 5) is 0. The first-order valence-corrected chi connectivity index (χ1v) is 15.4. The van der Waals surface area contributed by atoms with Gasteiger partial charge in [0, 0.05) is 5.75 Å². The Morgan fingerprint density at radius 3 is 1.77 bits per heavy atom. The zero-order valence-corrected chi connectivity index (χ0v) is 22.2. The first-order valence-electron chi connectivity index (χ1n) is 11.4. The van der Waals surface area contributed by atoms with Crippen molar-refractivity contribution >= 4 is 20.4 Å². The Kier molecular flexibility index (Phi) is 14.0. The summed E-state index contributed by atoms with van der Waals surface area (Å²) >= 11 is 0. The molecule has 0 fully saturated rings. The minimum Gasteiger partial charge on any atom is -0.213 e. The summed E-state index contributed by atoms with van der Waals surface area (Å²) in [5, 5.41) is 0. The molecule has 0 aliphatic rings. The second kappa shape index (κ2) is 14.1. The Morgan fingerprint density at radius 1 is 0.871 bits per heavy atom. The molecule has 188 valence electrons. The normalized spacial score (nSPS) is 16.5. The lowest BCUT2D eigenvalue weighted by Crippen LogP contribution is -2.27. The second-order valence-corrected chi connectivity index (χ2v) is 15.1. The van der Waals surface area contributed by atoms with Crippen LogP contribution >= 0.6 is 10.3 Å². The van der Waals surface area contributed by atoms with Gasteiger partial charge in [0.1, 0.15) is 0 Å². The number of alkyl halides is 3. The maximum absolute atomic E-state index is 12.5. The van der Waals surface area contributed by atoms with Crippen LogP contribution in [0, 0.1) is 17.8 Å². The smallest absolute Gasteiger partial charge is 0.213 e. The van der Waals surface area contributed by atoms with Gasteiger partial charge in [-0.05, 0) is 50.0 Å². The molecule has 0 aliphatic heterocycles. The molecule has 0 radical (unpaired) electrons. The van der Waals surface area contributed by atoms with E-state index in [2.05, 4.69) is 31.3 Å². The van der Waals surface area contributed by atoms with E-state index in [1.807, 2.05) is 13.0 Å². The van der Waals surface area contributed by atoms with Gasteiger partial charge in [0.15, 0.2) is 0 Å². The SMILES string of the molecule is C/C(=C\CS(C)(C)OS(=O)(=O)C(F)(F)F)CCC[C@H](C)CCC[C@H](C)CCCC(C)C. The Labute approximate surface area is 191 Å². The van der Waals surface area contributed by atoms with E-state index >= 15 is 0 Å². The van der Waals surface area contributed by atoms with E-state index < -0.39 is 25.9 Å². The van der Waals surface area contributed by atoms with Gasteiger partial charge in [-0.2, -0.15) is 21.6 Å². The molecule has 0 saturated carbocycles. The van der Waals surface area contributed by atoms with E-state index in [4.69, 9.17) is 0 Å². The number of halogens is 3. The van der Waals surface area contributed by atoms with Crippen molar-refractivity contribution in [1.29, 1.82) is 0 Å². The fourth-order valence-corrected chi connectivity index (χ4v) is 6.62. The third-order valence-corrected chi connectivity index (χ3v) is 9.26. The minimum atomic E-state index is -5.55. The first-order chi connectivity index (χ1) is 14.1. The highest BCUT2D eigenvalue weighted by Gasteiger charge is 2.49. The van der Waals surface area contributed by atoms with Gasteiger partial charge >= 0.3 is 15.6 Å². The highest BCUT2D eigenvalue weighted by molar-refractivity contribution is 8.32. The summed E-state index contributed by atoms with van der Waals surface area (Å²) in [6, 6.07) is 0. The van der Waals surface area contributed by atoms with Gasteiger partial charge in [-0.15, -0.1) is 10.3 Å². The average molecular weight is 491 g/mol. The van der Waals surface area contributed by atoms with Gasteiger partial charge in [-0.25, -0.2) is 3.63 Å². The maximum Gasteiger partial charge on any atom is 0.523 e. The van der Waals surface area contributed by atoms with E-state index in [0.29, 0.717) is 5.92 Å². The van der Waals surface area contributed by atoms with Crippen molar-refractivity contribution in [3.05, 3.63) is 11.6 Å². The van der Waals surface area contributed by atoms with Crippen LogP contribution in [-0.2, 0) is 13.7 Å². The van der Waals surface area contributed by atoms with Crippen molar-refractivity contribution in [3.8, 4) is 0 Å². The fourth-order valence-electron chi connectivity index (χ4n) is 3.46. The van der Waals surface area contributed by atoms with Gasteiger partial charge in [-0.1, -0.05) is 84.3 Å². The van der Waals surface area contributed by atoms with Crippen LogP contribution in [0.1, 0.15) is 92.4 Å². The molecule has 0 aromatic heterocycles. The van der Waals surface area contributed by atoms with Crippen LogP contribution in [0.5, 0.6) is 0 Å². The molecule has 0 heterocycles. The molecule has 0 unspecified atom stereocenters. The summed E-state index contributed by atoms with van der Waals surface area (Å²) in [6.07, 6.45) is 15.5. The van der Waals surface area contributed by atoms with Gasteiger partial charge in [0.05, 0.1) is 0 Å². The predicted octanol–water partition coefficient (Wildman–Crippen LogP) is 8.22. The van der Waals surface area contributed by atoms with Crippen LogP contribution in [0.4, 0.5) is 13.2 Å². The monoisotopic (exact) mass is 490 g/mol. The van der Waals surface area contributed by atoms with E-state index in [-0.39, 0.29) is 5.75 Å². The standard InChI is InChI=1S/C23H45F3O3S2/c1-19(2)11-8-12-20(3)13-9-14-21(4)15-10-16-22(5)17-18-30(6,7)29-31(27,28)23(24,25)26/h17,19-21H,8-16,18H2,1-7H3/b22-17+/t20-,21-/m1/s1. The summed E-state index contributed by atoms with van der Waals surface area (Å²) in [6.45, 7) is 11.1. The topological polar surface area (TPSA) is 43.4 Å². The largest absolute Gasteiger partial charge is 0.523 e. The van der Waals surface area contributed by atoms with Crippen molar-refractivity contribution in [2.45, 2.75) is 97.9 Å². The summed E-state index contributed by atoms with van der Waals surface area (Å²) in [5.41, 5.74) is -4.31. The van der Waals surface area contributed by atoms with Crippen LogP contribution in [0.15, 0.2) is 11.6 Å². The van der Waals surface area contributed by atoms with Crippen molar-refractivity contribution < 1.29 is 25.2 Å². The van der Waals surface area contributed by atoms with E-state index in [0.717, 1.165) is 36.7 Å². The van der Waals surface area contributed by atoms with Crippen LogP contribution in [-0.4, -0.2) is 32.2 Å². The molecular weight excluding hydrogens is 445 g/mol. The molecule has 0 bridgehead atoms. The van der Waals surface area contributed by atoms with Gasteiger partial charge in [0.25, 0.3) is 0 Å². The highest BCUT2D eigenvalue weighted by Crippen LogP contribution is 2.46. The van der Waals surface area contributed by atoms with E-state index in [1.165, 1.54) is 51.0 Å². The first kappa shape index (κ1) is 30.8. The molecule has 0 rings (SSSR count). The van der Waals surface area contributed by atoms with Crippen LogP contribution in [0.2, 0.25) is 0 Å². The lowest BCUT2D eigenvalue weighted by atomic mass is 9.91. The molecule has 2 atom stereocenters. The molecule has 0 N–H and O–H groups in total. The number of rotatable bonds is 16. The third kappa shape index (κ3) is 15.3. The van der Waals surface area contributed by atoms with Crippen molar-refractivity contribution in [3.63, 3.8) is 0 Å². The fraction of sp³-hybridized carbons (Fsp3) is 0.913. The lowest BCUT2D eigenvalue weighted by molar-refractivity contribution is -0.0495. The van der Waals surface area contributed by atoms with Crippen molar-refractivity contribution in [1.82, 2.24) is 0 Å². The number of hydrogen-bond acceptors (Lipinski definition) is 3. The van der Waals surface area contributed by atoms with Crippen LogP contribution < -0.4 is 0 Å². The number of hydrogen-bond donors (Lipinski definition) is 0. The Hall–Kier alpha value is -0.210. The molecule has 0 amide bonds. The summed E-state index contributed by atoms with van der Waals surface area (Å²) in [5.74, 6) is 2.44. The van der Waals surface area contributed by atoms with E-state index in [9.17, 15) is 21.6 Å². The molecule has 0 aromatic rings. The van der Waals surface area contributed by atoms with Gasteiger partial charge < -0.3 is 0 Å². The third-order valence-electron chi connectivity index (χ3n) is 5.53. The number of allylic oxidation sites excluding steroid dienone is 1. The summed E-state index contributed by atoms with van der Waals surface area (Å²) in [7, 11) is -7.92. The van der Waals surface area contributed by atoms with Crippen molar-refractivity contribution in [2.24, 2.45) is 17.8 Å². The van der Waals surface area contributed by atoms with E-state index in [1.54, 1.807) is 0 Å². The molecule has 3 nitrogen and oxygen atoms in total. The minimum absolute atomic E-state index is 0.193. The predicted molar refractivity (Wildman–Crippen MR) is 129 cm³/mol. The Morgan fingerprint density at radius 2 is 1.32 bits per heavy atom.